The minimum Gasteiger partial charge on any atom is -0.497 e. The molecule has 0 aliphatic carbocycles. The van der Waals surface area contributed by atoms with Gasteiger partial charge in [-0.1, -0.05) is 18.2 Å². The molecular weight excluding hydrogens is 438 g/mol. The van der Waals surface area contributed by atoms with Crippen LogP contribution in [0.25, 0.3) is 6.08 Å². The van der Waals surface area contributed by atoms with Gasteiger partial charge >= 0.3 is 0 Å². The molecule has 0 saturated carbocycles. The van der Waals surface area contributed by atoms with E-state index >= 15 is 0 Å². The van der Waals surface area contributed by atoms with Crippen molar-refractivity contribution in [2.45, 2.75) is 6.61 Å². The van der Waals surface area contributed by atoms with Crippen molar-refractivity contribution in [3.63, 3.8) is 0 Å². The summed E-state index contributed by atoms with van der Waals surface area (Å²) in [5, 5.41) is 23.1. The van der Waals surface area contributed by atoms with Crippen LogP contribution < -0.4 is 19.5 Å². The lowest BCUT2D eigenvalue weighted by atomic mass is 10.1. The van der Waals surface area contributed by atoms with E-state index < -0.39 is 10.8 Å². The molecule has 34 heavy (non-hydrogen) atoms. The zero-order chi connectivity index (χ0) is 24.5. The minimum absolute atomic E-state index is 0.0227. The zero-order valence-electron chi connectivity index (χ0n) is 18.5. The number of methoxy groups -OCH3 is 2. The molecule has 9 heteroatoms. The summed E-state index contributed by atoms with van der Waals surface area (Å²) in [7, 11) is 3.01. The number of rotatable bonds is 9. The molecule has 0 radical (unpaired) electrons. The van der Waals surface area contributed by atoms with Crippen LogP contribution in [-0.4, -0.2) is 25.1 Å². The third-order valence-electron chi connectivity index (χ3n) is 4.73. The van der Waals surface area contributed by atoms with Gasteiger partial charge in [0.15, 0.2) is 11.5 Å². The molecule has 0 unspecified atom stereocenters. The van der Waals surface area contributed by atoms with Crippen molar-refractivity contribution in [3.8, 4) is 23.3 Å². The maximum absolute atomic E-state index is 12.5. The number of carbonyl (C=O) groups excluding carboxylic acids is 1. The maximum Gasteiger partial charge on any atom is 0.269 e. The highest BCUT2D eigenvalue weighted by Crippen LogP contribution is 2.30. The maximum atomic E-state index is 12.5. The Balaban J connectivity index is 1.73. The molecule has 0 spiro atoms. The lowest BCUT2D eigenvalue weighted by Gasteiger charge is -2.12. The molecule has 172 valence electrons. The Kier molecular flexibility index (Phi) is 7.81. The van der Waals surface area contributed by atoms with Gasteiger partial charge in [-0.2, -0.15) is 5.26 Å². The van der Waals surface area contributed by atoms with Crippen LogP contribution in [-0.2, 0) is 11.4 Å². The van der Waals surface area contributed by atoms with Gasteiger partial charge in [0.2, 0.25) is 0 Å². The molecule has 3 aromatic rings. The van der Waals surface area contributed by atoms with Crippen LogP contribution in [0.2, 0.25) is 0 Å². The van der Waals surface area contributed by atoms with Crippen LogP contribution in [0.1, 0.15) is 11.1 Å². The highest BCUT2D eigenvalue weighted by molar-refractivity contribution is 6.09. The van der Waals surface area contributed by atoms with Gasteiger partial charge in [0.1, 0.15) is 24.0 Å². The molecule has 0 aliphatic heterocycles. The van der Waals surface area contributed by atoms with Gasteiger partial charge < -0.3 is 19.5 Å². The van der Waals surface area contributed by atoms with E-state index in [2.05, 4.69) is 5.32 Å². The van der Waals surface area contributed by atoms with E-state index in [9.17, 15) is 20.2 Å². The topological polar surface area (TPSA) is 124 Å². The van der Waals surface area contributed by atoms with Gasteiger partial charge in [-0.05, 0) is 53.6 Å². The summed E-state index contributed by atoms with van der Waals surface area (Å²) in [4.78, 5) is 23.0. The van der Waals surface area contributed by atoms with Gasteiger partial charge in [-0.3, -0.25) is 14.9 Å². The van der Waals surface area contributed by atoms with E-state index in [0.29, 0.717) is 34.1 Å². The van der Waals surface area contributed by atoms with Crippen LogP contribution in [0.5, 0.6) is 17.2 Å². The molecule has 0 atom stereocenters. The zero-order valence-corrected chi connectivity index (χ0v) is 18.5. The molecule has 1 N–H and O–H groups in total. The number of nitro groups is 1. The summed E-state index contributed by atoms with van der Waals surface area (Å²) in [5.74, 6) is 0.881. The molecule has 9 nitrogen and oxygen atoms in total. The van der Waals surface area contributed by atoms with Crippen LogP contribution in [0.15, 0.2) is 72.3 Å². The summed E-state index contributed by atoms with van der Waals surface area (Å²) in [6.07, 6.45) is 1.44. The molecule has 1 amide bonds. The highest BCUT2D eigenvalue weighted by atomic mass is 16.6. The number of carbonyl (C=O) groups is 1. The predicted octanol–water partition coefficient (Wildman–Crippen LogP) is 4.74. The number of benzene rings is 3. The van der Waals surface area contributed by atoms with Crippen LogP contribution in [0.3, 0.4) is 0 Å². The van der Waals surface area contributed by atoms with Gasteiger partial charge in [0, 0.05) is 17.8 Å². The summed E-state index contributed by atoms with van der Waals surface area (Å²) >= 11 is 0. The first-order valence-electron chi connectivity index (χ1n) is 10.0. The lowest BCUT2D eigenvalue weighted by Crippen LogP contribution is -2.13. The second kappa shape index (κ2) is 11.2. The molecule has 0 heterocycles. The summed E-state index contributed by atoms with van der Waals surface area (Å²) < 4.78 is 16.2. The molecular formula is C25H21N3O6. The fraction of sp³-hybridized carbons (Fsp3) is 0.120. The van der Waals surface area contributed by atoms with Gasteiger partial charge in [-0.15, -0.1) is 0 Å². The number of hydrogen-bond donors (Lipinski definition) is 1. The van der Waals surface area contributed by atoms with Crippen molar-refractivity contribution in [2.24, 2.45) is 0 Å². The number of nitro benzene ring substituents is 1. The van der Waals surface area contributed by atoms with Crippen LogP contribution >= 0.6 is 0 Å². The number of amides is 1. The molecule has 0 saturated heterocycles. The smallest absolute Gasteiger partial charge is 0.269 e. The summed E-state index contributed by atoms with van der Waals surface area (Å²) in [6.45, 7) is 0.0982. The number of nitrogens with zero attached hydrogens (tertiary/aromatic N) is 2. The molecule has 3 aromatic carbocycles. The Morgan fingerprint density at radius 2 is 1.82 bits per heavy atom. The van der Waals surface area contributed by atoms with Gasteiger partial charge in [0.05, 0.1) is 19.1 Å². The first kappa shape index (κ1) is 23.8. The molecule has 0 fully saturated rings. The second-order valence-electron chi connectivity index (χ2n) is 6.98. The monoisotopic (exact) mass is 459 g/mol. The third kappa shape index (κ3) is 6.11. The Labute approximate surface area is 196 Å². The fourth-order valence-electron chi connectivity index (χ4n) is 3.00. The average Bonchev–Trinajstić information content (AvgIpc) is 2.86. The normalized spacial score (nSPS) is 10.7. The largest absolute Gasteiger partial charge is 0.497 e. The highest BCUT2D eigenvalue weighted by Gasteiger charge is 2.12. The lowest BCUT2D eigenvalue weighted by molar-refractivity contribution is -0.384. The predicted molar refractivity (Wildman–Crippen MR) is 126 cm³/mol. The molecule has 3 rings (SSSR count). The van der Waals surface area contributed by atoms with E-state index in [0.717, 1.165) is 0 Å². The van der Waals surface area contributed by atoms with Crippen molar-refractivity contribution in [1.29, 1.82) is 5.26 Å². The third-order valence-corrected chi connectivity index (χ3v) is 4.73. The molecule has 0 aliphatic rings. The Hall–Kier alpha value is -4.84. The number of nitrogens with one attached hydrogen (secondary N) is 1. The van der Waals surface area contributed by atoms with E-state index in [1.54, 1.807) is 61.7 Å². The summed E-state index contributed by atoms with van der Waals surface area (Å²) in [5.41, 5.74) is 1.59. The SMILES string of the molecule is COc1ccc(NC(=O)/C(C#N)=C\c2ccc(OCc3cccc([N+](=O)[O-])c3)c(OC)c2)cc1. The van der Waals surface area contributed by atoms with E-state index in [-0.39, 0.29) is 17.9 Å². The van der Waals surface area contributed by atoms with Crippen molar-refractivity contribution in [2.75, 3.05) is 19.5 Å². The van der Waals surface area contributed by atoms with Gasteiger partial charge in [-0.25, -0.2) is 0 Å². The second-order valence-corrected chi connectivity index (χ2v) is 6.98. The average molecular weight is 459 g/mol. The van der Waals surface area contributed by atoms with Crippen molar-refractivity contribution in [3.05, 3.63) is 93.5 Å². The summed E-state index contributed by atoms with van der Waals surface area (Å²) in [6, 6.07) is 19.7. The Morgan fingerprint density at radius 1 is 1.06 bits per heavy atom. The number of anilines is 1. The number of non-ortho nitro benzene ring substituents is 1. The van der Waals surface area contributed by atoms with Crippen molar-refractivity contribution in [1.82, 2.24) is 0 Å². The first-order valence-corrected chi connectivity index (χ1v) is 10.0. The number of hydrogen-bond acceptors (Lipinski definition) is 7. The Bertz CT molecular complexity index is 1260. The van der Waals surface area contributed by atoms with Crippen LogP contribution in [0, 0.1) is 21.4 Å². The first-order chi connectivity index (χ1) is 16.4. The standard InChI is InChI=1S/C25H21N3O6/c1-32-22-9-7-20(8-10-22)27-25(29)19(15-26)12-17-6-11-23(24(14-17)33-2)34-16-18-4-3-5-21(13-18)28(30)31/h3-14H,16H2,1-2H3,(H,27,29)/b19-12-. The minimum atomic E-state index is -0.558. The van der Waals surface area contributed by atoms with Gasteiger partial charge in [0.25, 0.3) is 11.6 Å². The number of ether oxygens (including phenoxy) is 3. The molecule has 0 aromatic heterocycles. The van der Waals surface area contributed by atoms with Crippen molar-refractivity contribution < 1.29 is 23.9 Å². The van der Waals surface area contributed by atoms with E-state index in [1.165, 1.54) is 25.3 Å². The number of nitriles is 1. The fourth-order valence-corrected chi connectivity index (χ4v) is 3.00. The van der Waals surface area contributed by atoms with Crippen LogP contribution in [0.4, 0.5) is 11.4 Å². The van der Waals surface area contributed by atoms with Crippen molar-refractivity contribution >= 4 is 23.4 Å². The Morgan fingerprint density at radius 3 is 2.47 bits per heavy atom. The van der Waals surface area contributed by atoms with E-state index in [4.69, 9.17) is 14.2 Å². The van der Waals surface area contributed by atoms with E-state index in [1.807, 2.05) is 6.07 Å². The quantitative estimate of drug-likeness (QED) is 0.212. The molecule has 0 bridgehead atoms.